The first kappa shape index (κ1) is 11.5. The molecular formula is C11H15ClN2O2S. The summed E-state index contributed by atoms with van der Waals surface area (Å²) in [5.74, 6) is 0.307. The second-order valence-corrected chi connectivity index (χ2v) is 7.54. The van der Waals surface area contributed by atoms with Crippen LogP contribution in [0.4, 0.5) is 0 Å². The maximum atomic E-state index is 11.5. The Hall–Kier alpha value is -0.550. The van der Waals surface area contributed by atoms with E-state index in [1.807, 2.05) is 4.68 Å². The van der Waals surface area contributed by atoms with Gasteiger partial charge in [-0.15, -0.1) is 0 Å². The zero-order valence-electron chi connectivity index (χ0n) is 9.47. The molecule has 1 heterocycles. The molecule has 2 saturated carbocycles. The third-order valence-electron chi connectivity index (χ3n) is 3.65. The second kappa shape index (κ2) is 3.99. The van der Waals surface area contributed by atoms with Crippen molar-refractivity contribution < 1.29 is 8.42 Å². The molecule has 2 aliphatic carbocycles. The molecule has 2 fully saturated rings. The fourth-order valence-electron chi connectivity index (χ4n) is 2.57. The number of nitrogens with zero attached hydrogens (tertiary/aromatic N) is 2. The topological polar surface area (TPSA) is 52.0 Å². The van der Waals surface area contributed by atoms with Gasteiger partial charge in [-0.05, 0) is 25.7 Å². The van der Waals surface area contributed by atoms with E-state index in [9.17, 15) is 8.42 Å². The van der Waals surface area contributed by atoms with Crippen molar-refractivity contribution in [3.63, 3.8) is 0 Å². The molecule has 1 aromatic heterocycles. The van der Waals surface area contributed by atoms with Crippen molar-refractivity contribution in [1.82, 2.24) is 9.78 Å². The van der Waals surface area contributed by atoms with Crippen molar-refractivity contribution in [3.05, 3.63) is 11.9 Å². The molecule has 6 heteroatoms. The first-order valence-corrected chi connectivity index (χ1v) is 8.40. The molecule has 0 radical (unpaired) electrons. The van der Waals surface area contributed by atoms with Crippen LogP contribution in [0.15, 0.2) is 11.1 Å². The molecule has 0 saturated heterocycles. The van der Waals surface area contributed by atoms with Crippen LogP contribution in [0.3, 0.4) is 0 Å². The van der Waals surface area contributed by atoms with E-state index in [-0.39, 0.29) is 4.90 Å². The number of aromatic nitrogens is 2. The molecule has 0 aromatic carbocycles. The Bertz CT molecular complexity index is 528. The van der Waals surface area contributed by atoms with Gasteiger partial charge < -0.3 is 0 Å². The molecule has 0 aliphatic heterocycles. The maximum Gasteiger partial charge on any atom is 0.264 e. The van der Waals surface area contributed by atoms with Crippen molar-refractivity contribution >= 4 is 19.7 Å². The van der Waals surface area contributed by atoms with Gasteiger partial charge in [0.2, 0.25) is 0 Å². The van der Waals surface area contributed by atoms with E-state index >= 15 is 0 Å². The van der Waals surface area contributed by atoms with Gasteiger partial charge in [-0.25, -0.2) is 8.42 Å². The van der Waals surface area contributed by atoms with E-state index in [4.69, 9.17) is 10.7 Å². The summed E-state index contributed by atoms with van der Waals surface area (Å²) in [5, 5.41) is 4.47. The Kier molecular flexibility index (Phi) is 2.70. The highest BCUT2D eigenvalue weighted by Gasteiger charge is 2.34. The van der Waals surface area contributed by atoms with E-state index in [1.165, 1.54) is 12.8 Å². The summed E-state index contributed by atoms with van der Waals surface area (Å²) in [5.41, 5.74) is 0.687. The molecule has 0 atom stereocenters. The third kappa shape index (κ3) is 2.22. The fraction of sp³-hybridized carbons (Fsp3) is 0.727. The SMILES string of the molecule is O=S(=O)(Cl)c1cn(C2CCCC2)nc1C1CC1. The van der Waals surface area contributed by atoms with Crippen LogP contribution in [0.2, 0.25) is 0 Å². The Morgan fingerprint density at radius 2 is 1.88 bits per heavy atom. The van der Waals surface area contributed by atoms with Crippen LogP contribution in [0.1, 0.15) is 56.2 Å². The minimum absolute atomic E-state index is 0.230. The average molecular weight is 275 g/mol. The smallest absolute Gasteiger partial charge is 0.264 e. The van der Waals surface area contributed by atoms with Crippen molar-refractivity contribution in [2.24, 2.45) is 0 Å². The molecule has 0 amide bonds. The zero-order valence-corrected chi connectivity index (χ0v) is 11.0. The Labute approximate surface area is 105 Å². The summed E-state index contributed by atoms with van der Waals surface area (Å²) in [6, 6.07) is 0.361. The van der Waals surface area contributed by atoms with Crippen LogP contribution in [-0.2, 0) is 9.05 Å². The van der Waals surface area contributed by atoms with Gasteiger partial charge in [0.25, 0.3) is 9.05 Å². The van der Waals surface area contributed by atoms with Gasteiger partial charge in [0.1, 0.15) is 4.90 Å². The number of hydrogen-bond acceptors (Lipinski definition) is 3. The zero-order chi connectivity index (χ0) is 12.0. The quantitative estimate of drug-likeness (QED) is 0.797. The number of hydrogen-bond donors (Lipinski definition) is 0. The second-order valence-electron chi connectivity index (χ2n) is 5.01. The van der Waals surface area contributed by atoms with Crippen LogP contribution >= 0.6 is 10.7 Å². The summed E-state index contributed by atoms with van der Waals surface area (Å²) in [7, 11) is 1.82. The highest BCUT2D eigenvalue weighted by atomic mass is 35.7. The van der Waals surface area contributed by atoms with E-state index in [2.05, 4.69) is 5.10 Å². The van der Waals surface area contributed by atoms with Gasteiger partial charge in [-0.1, -0.05) is 12.8 Å². The standard InChI is InChI=1S/C11H15ClN2O2S/c12-17(15,16)10-7-14(9-3-1-2-4-9)13-11(10)8-5-6-8/h7-9H,1-6H2. The molecule has 0 bridgehead atoms. The molecule has 17 heavy (non-hydrogen) atoms. The lowest BCUT2D eigenvalue weighted by Crippen LogP contribution is -2.05. The summed E-state index contributed by atoms with van der Waals surface area (Å²) in [6.45, 7) is 0. The van der Waals surface area contributed by atoms with Crippen LogP contribution < -0.4 is 0 Å². The molecular weight excluding hydrogens is 260 g/mol. The van der Waals surface area contributed by atoms with Gasteiger partial charge in [0, 0.05) is 22.8 Å². The van der Waals surface area contributed by atoms with Crippen LogP contribution in [0, 0.1) is 0 Å². The van der Waals surface area contributed by atoms with Crippen molar-refractivity contribution in [2.45, 2.75) is 55.4 Å². The molecule has 0 spiro atoms. The van der Waals surface area contributed by atoms with Crippen molar-refractivity contribution in [2.75, 3.05) is 0 Å². The third-order valence-corrected chi connectivity index (χ3v) is 4.99. The Morgan fingerprint density at radius 1 is 1.24 bits per heavy atom. The molecule has 94 valence electrons. The highest BCUT2D eigenvalue weighted by molar-refractivity contribution is 8.13. The summed E-state index contributed by atoms with van der Waals surface area (Å²) in [6.07, 6.45) is 8.27. The van der Waals surface area contributed by atoms with Gasteiger partial charge in [-0.2, -0.15) is 5.10 Å². The lowest BCUT2D eigenvalue weighted by atomic mass is 10.3. The van der Waals surface area contributed by atoms with Gasteiger partial charge in [-0.3, -0.25) is 4.68 Å². The summed E-state index contributed by atoms with van der Waals surface area (Å²) >= 11 is 0. The average Bonchev–Trinajstić information content (AvgIpc) is 2.82. The van der Waals surface area contributed by atoms with Gasteiger partial charge >= 0.3 is 0 Å². The minimum atomic E-state index is -3.66. The molecule has 1 aromatic rings. The lowest BCUT2D eigenvalue weighted by Gasteiger charge is -2.08. The van der Waals surface area contributed by atoms with Crippen LogP contribution in [0.5, 0.6) is 0 Å². The van der Waals surface area contributed by atoms with E-state index in [0.29, 0.717) is 17.7 Å². The molecule has 0 N–H and O–H groups in total. The highest BCUT2D eigenvalue weighted by Crippen LogP contribution is 2.43. The minimum Gasteiger partial charge on any atom is -0.268 e. The van der Waals surface area contributed by atoms with E-state index in [0.717, 1.165) is 25.7 Å². The van der Waals surface area contributed by atoms with E-state index < -0.39 is 9.05 Å². The number of halogens is 1. The molecule has 0 unspecified atom stereocenters. The van der Waals surface area contributed by atoms with Crippen LogP contribution in [-0.4, -0.2) is 18.2 Å². The Balaban J connectivity index is 2.01. The largest absolute Gasteiger partial charge is 0.268 e. The maximum absolute atomic E-state index is 11.5. The van der Waals surface area contributed by atoms with Gasteiger partial charge in [0.15, 0.2) is 0 Å². The van der Waals surface area contributed by atoms with Crippen molar-refractivity contribution in [3.8, 4) is 0 Å². The summed E-state index contributed by atoms with van der Waals surface area (Å²) < 4.78 is 24.9. The summed E-state index contributed by atoms with van der Waals surface area (Å²) in [4.78, 5) is 0.230. The predicted octanol–water partition coefficient (Wildman–Crippen LogP) is 2.80. The normalized spacial score (nSPS) is 22.2. The number of rotatable bonds is 3. The van der Waals surface area contributed by atoms with E-state index in [1.54, 1.807) is 6.20 Å². The first-order valence-electron chi connectivity index (χ1n) is 6.09. The first-order chi connectivity index (χ1) is 8.05. The van der Waals surface area contributed by atoms with Crippen molar-refractivity contribution in [1.29, 1.82) is 0 Å². The molecule has 4 nitrogen and oxygen atoms in total. The molecule has 2 aliphatic rings. The van der Waals surface area contributed by atoms with Gasteiger partial charge in [0.05, 0.1) is 11.7 Å². The van der Waals surface area contributed by atoms with Crippen LogP contribution in [0.25, 0.3) is 0 Å². The lowest BCUT2D eigenvalue weighted by molar-refractivity contribution is 0.462. The predicted molar refractivity (Wildman–Crippen MR) is 64.7 cm³/mol. The monoisotopic (exact) mass is 274 g/mol. The fourth-order valence-corrected chi connectivity index (χ4v) is 3.62. The Morgan fingerprint density at radius 3 is 2.41 bits per heavy atom. The molecule has 3 rings (SSSR count).